The first-order chi connectivity index (χ1) is 11.0. The van der Waals surface area contributed by atoms with Gasteiger partial charge in [-0.1, -0.05) is 18.2 Å². The van der Waals surface area contributed by atoms with E-state index in [1.165, 1.54) is 0 Å². The second kappa shape index (κ2) is 6.15. The van der Waals surface area contributed by atoms with E-state index in [1.54, 1.807) is 7.11 Å². The third kappa shape index (κ3) is 3.14. The normalized spacial score (nSPS) is 22.0. The smallest absolute Gasteiger partial charge is 0.322 e. The van der Waals surface area contributed by atoms with Gasteiger partial charge in [0.2, 0.25) is 0 Å². The van der Waals surface area contributed by atoms with E-state index in [4.69, 9.17) is 4.74 Å². The minimum absolute atomic E-state index is 0.0562. The summed E-state index contributed by atoms with van der Waals surface area (Å²) in [5.74, 6) is 0.813. The number of methoxy groups -OCH3 is 1. The van der Waals surface area contributed by atoms with Crippen LogP contribution in [0.5, 0.6) is 5.75 Å². The molecule has 0 N–H and O–H groups in total. The minimum Gasteiger partial charge on any atom is -0.497 e. The molecule has 1 aromatic rings. The van der Waals surface area contributed by atoms with Gasteiger partial charge < -0.3 is 14.5 Å². The largest absolute Gasteiger partial charge is 0.497 e. The zero-order chi connectivity index (χ0) is 18.3. The molecule has 132 valence electrons. The molecule has 4 nitrogen and oxygen atoms in total. The Kier molecular flexibility index (Phi) is 4.71. The van der Waals surface area contributed by atoms with E-state index in [9.17, 15) is 4.79 Å². The van der Waals surface area contributed by atoms with Gasteiger partial charge in [-0.15, -0.1) is 6.58 Å². The highest BCUT2D eigenvalue weighted by atomic mass is 16.5. The molecular weight excluding hydrogens is 300 g/mol. The molecule has 0 saturated carbocycles. The number of ether oxygens (including phenoxy) is 1. The van der Waals surface area contributed by atoms with E-state index >= 15 is 0 Å². The highest BCUT2D eigenvalue weighted by Crippen LogP contribution is 2.43. The van der Waals surface area contributed by atoms with Crippen LogP contribution in [0.3, 0.4) is 0 Å². The fraction of sp³-hybridized carbons (Fsp3) is 0.550. The zero-order valence-corrected chi connectivity index (χ0v) is 16.0. The van der Waals surface area contributed by atoms with Gasteiger partial charge in [-0.2, -0.15) is 0 Å². The molecule has 1 heterocycles. The maximum atomic E-state index is 13.3. The summed E-state index contributed by atoms with van der Waals surface area (Å²) in [5.41, 5.74) is 0.527. The highest BCUT2D eigenvalue weighted by Gasteiger charge is 2.52. The number of benzene rings is 1. The average Bonchev–Trinajstić information content (AvgIpc) is 2.79. The first-order valence-corrected chi connectivity index (χ1v) is 8.41. The second-order valence-electron chi connectivity index (χ2n) is 8.31. The van der Waals surface area contributed by atoms with Crippen molar-refractivity contribution in [2.45, 2.75) is 64.7 Å². The maximum Gasteiger partial charge on any atom is 0.322 e. The van der Waals surface area contributed by atoms with Crippen molar-refractivity contribution in [3.8, 4) is 5.75 Å². The first-order valence-electron chi connectivity index (χ1n) is 8.41. The van der Waals surface area contributed by atoms with Gasteiger partial charge in [0.1, 0.15) is 5.75 Å². The number of urea groups is 1. The molecule has 0 unspecified atom stereocenters. The second-order valence-corrected chi connectivity index (χ2v) is 8.31. The molecule has 1 fully saturated rings. The van der Waals surface area contributed by atoms with Gasteiger partial charge in [0.05, 0.1) is 19.2 Å². The molecule has 0 aliphatic carbocycles. The van der Waals surface area contributed by atoms with Crippen molar-refractivity contribution >= 4 is 6.03 Å². The number of carbonyl (C=O) groups is 1. The van der Waals surface area contributed by atoms with Gasteiger partial charge in [-0.05, 0) is 59.2 Å². The van der Waals surface area contributed by atoms with E-state index in [2.05, 4.69) is 48.1 Å². The molecule has 1 aliphatic heterocycles. The minimum atomic E-state index is -0.289. The van der Waals surface area contributed by atoms with Crippen molar-refractivity contribution in [1.29, 1.82) is 0 Å². The van der Waals surface area contributed by atoms with Crippen LogP contribution in [0, 0.1) is 0 Å². The van der Waals surface area contributed by atoms with Crippen LogP contribution in [0.2, 0.25) is 0 Å². The van der Waals surface area contributed by atoms with Crippen molar-refractivity contribution < 1.29 is 9.53 Å². The van der Waals surface area contributed by atoms with E-state index in [0.717, 1.165) is 11.3 Å². The number of nitrogens with zero attached hydrogens (tertiary/aromatic N) is 2. The fourth-order valence-electron chi connectivity index (χ4n) is 3.48. The number of hydrogen-bond acceptors (Lipinski definition) is 2. The van der Waals surface area contributed by atoms with Gasteiger partial charge in [0.15, 0.2) is 0 Å². The number of amides is 2. The summed E-state index contributed by atoms with van der Waals surface area (Å²) in [4.78, 5) is 17.2. The molecule has 0 spiro atoms. The topological polar surface area (TPSA) is 32.8 Å². The Labute approximate surface area is 146 Å². The summed E-state index contributed by atoms with van der Waals surface area (Å²) in [5, 5.41) is 0. The van der Waals surface area contributed by atoms with Crippen molar-refractivity contribution in [2.24, 2.45) is 0 Å². The molecule has 24 heavy (non-hydrogen) atoms. The lowest BCUT2D eigenvalue weighted by Crippen LogP contribution is -2.50. The standard InChI is InChI=1S/C20H30N2O2/c1-9-16-17(14-10-12-15(24-8)13-11-14)22(20(5,6)7)18(23)21(16)19(2,3)4/h9-13,16-17H,1H2,2-8H3/t16-,17-/m0/s1. The van der Waals surface area contributed by atoms with Crippen LogP contribution in [0.1, 0.15) is 53.1 Å². The van der Waals surface area contributed by atoms with Crippen LogP contribution >= 0.6 is 0 Å². The summed E-state index contributed by atoms with van der Waals surface area (Å²) < 4.78 is 5.26. The average molecular weight is 330 g/mol. The van der Waals surface area contributed by atoms with E-state index < -0.39 is 0 Å². The van der Waals surface area contributed by atoms with Gasteiger partial charge in [0.25, 0.3) is 0 Å². The Morgan fingerprint density at radius 3 is 1.88 bits per heavy atom. The Morgan fingerprint density at radius 2 is 1.50 bits per heavy atom. The van der Waals surface area contributed by atoms with Crippen LogP contribution in [0.4, 0.5) is 4.79 Å². The Bertz CT molecular complexity index is 608. The monoisotopic (exact) mass is 330 g/mol. The van der Waals surface area contributed by atoms with Crippen LogP contribution < -0.4 is 4.74 Å². The van der Waals surface area contributed by atoms with Gasteiger partial charge >= 0.3 is 6.03 Å². The molecule has 0 bridgehead atoms. The van der Waals surface area contributed by atoms with Gasteiger partial charge in [0, 0.05) is 11.1 Å². The Morgan fingerprint density at radius 1 is 1.00 bits per heavy atom. The molecule has 4 heteroatoms. The van der Waals surface area contributed by atoms with Gasteiger partial charge in [-0.25, -0.2) is 4.79 Å². The number of rotatable bonds is 3. The van der Waals surface area contributed by atoms with Crippen molar-refractivity contribution in [2.75, 3.05) is 7.11 Å². The molecule has 0 aromatic heterocycles. The first kappa shape index (κ1) is 18.4. The Balaban J connectivity index is 2.58. The molecule has 2 atom stereocenters. The van der Waals surface area contributed by atoms with E-state index in [-0.39, 0.29) is 29.2 Å². The Hall–Kier alpha value is -1.97. The molecular formula is C20H30N2O2. The third-order valence-corrected chi connectivity index (χ3v) is 4.46. The number of carbonyl (C=O) groups excluding carboxylic acids is 1. The predicted octanol–water partition coefficient (Wildman–Crippen LogP) is 4.63. The molecule has 1 aliphatic rings. The van der Waals surface area contributed by atoms with Crippen molar-refractivity contribution in [1.82, 2.24) is 9.80 Å². The lowest BCUT2D eigenvalue weighted by atomic mass is 9.93. The van der Waals surface area contributed by atoms with Gasteiger partial charge in [-0.3, -0.25) is 0 Å². The lowest BCUT2D eigenvalue weighted by Gasteiger charge is -2.37. The van der Waals surface area contributed by atoms with Crippen LogP contribution in [0.15, 0.2) is 36.9 Å². The summed E-state index contributed by atoms with van der Waals surface area (Å²) >= 11 is 0. The van der Waals surface area contributed by atoms with Crippen molar-refractivity contribution in [3.05, 3.63) is 42.5 Å². The molecule has 0 radical (unpaired) electrons. The van der Waals surface area contributed by atoms with Crippen LogP contribution in [-0.4, -0.2) is 40.1 Å². The summed E-state index contributed by atoms with van der Waals surface area (Å²) in [6.07, 6.45) is 1.89. The predicted molar refractivity (Wildman–Crippen MR) is 98.3 cm³/mol. The van der Waals surface area contributed by atoms with E-state index in [1.807, 2.05) is 40.1 Å². The molecule has 2 rings (SSSR count). The summed E-state index contributed by atoms with van der Waals surface area (Å²) in [7, 11) is 1.66. The third-order valence-electron chi connectivity index (χ3n) is 4.46. The zero-order valence-electron chi connectivity index (χ0n) is 16.0. The lowest BCUT2D eigenvalue weighted by molar-refractivity contribution is 0.123. The molecule has 2 amide bonds. The van der Waals surface area contributed by atoms with Crippen LogP contribution in [0.25, 0.3) is 0 Å². The van der Waals surface area contributed by atoms with E-state index in [0.29, 0.717) is 0 Å². The summed E-state index contributed by atoms with van der Waals surface area (Å²) in [6, 6.07) is 7.88. The summed E-state index contributed by atoms with van der Waals surface area (Å²) in [6.45, 7) is 16.5. The highest BCUT2D eigenvalue weighted by molar-refractivity contribution is 5.80. The van der Waals surface area contributed by atoms with Crippen molar-refractivity contribution in [3.63, 3.8) is 0 Å². The maximum absolute atomic E-state index is 13.3. The quantitative estimate of drug-likeness (QED) is 0.757. The molecule has 1 saturated heterocycles. The fourth-order valence-corrected chi connectivity index (χ4v) is 3.48. The van der Waals surface area contributed by atoms with Crippen LogP contribution in [-0.2, 0) is 0 Å². The SMILES string of the molecule is C=C[C@H]1[C@H](c2ccc(OC)cc2)N(C(C)(C)C)C(=O)N1C(C)(C)C. The number of hydrogen-bond donors (Lipinski definition) is 0. The molecule has 1 aromatic carbocycles.